The van der Waals surface area contributed by atoms with Gasteiger partial charge < -0.3 is 14.3 Å². The minimum atomic E-state index is -0.352. The van der Waals surface area contributed by atoms with Crippen LogP contribution in [-0.4, -0.2) is 56.1 Å². The van der Waals surface area contributed by atoms with E-state index in [9.17, 15) is 5.11 Å². The van der Waals surface area contributed by atoms with Crippen molar-refractivity contribution < 1.29 is 14.3 Å². The molecule has 2 rings (SSSR count). The van der Waals surface area contributed by atoms with E-state index in [1.54, 1.807) is 0 Å². The highest BCUT2D eigenvalue weighted by Gasteiger charge is 2.57. The summed E-state index contributed by atoms with van der Waals surface area (Å²) in [7, 11) is 6.31. The maximum atomic E-state index is 10.1. The van der Waals surface area contributed by atoms with E-state index in [2.05, 4.69) is 41.9 Å². The third-order valence-electron chi connectivity index (χ3n) is 5.49. The van der Waals surface area contributed by atoms with Crippen molar-refractivity contribution in [1.82, 2.24) is 0 Å². The van der Waals surface area contributed by atoms with E-state index in [1.807, 2.05) is 0 Å². The SMILES string of the molecule is C[C@@H]1[C@@H](OC[C@@H](O)C[N+](C)(C)C)[C@H]2CC[C@H]1C2(C)C. The number of rotatable bonds is 5. The fraction of sp³-hybridized carbons (Fsp3) is 1.00. The molecule has 0 saturated heterocycles. The van der Waals surface area contributed by atoms with Gasteiger partial charge in [0.1, 0.15) is 12.6 Å². The average molecular weight is 270 g/mol. The Hall–Kier alpha value is -0.120. The third-order valence-corrected chi connectivity index (χ3v) is 5.49. The first-order valence-electron chi connectivity index (χ1n) is 7.73. The van der Waals surface area contributed by atoms with E-state index in [4.69, 9.17) is 4.74 Å². The Kier molecular flexibility index (Phi) is 4.03. The Labute approximate surface area is 118 Å². The molecule has 2 fully saturated rings. The van der Waals surface area contributed by atoms with E-state index >= 15 is 0 Å². The van der Waals surface area contributed by atoms with Crippen LogP contribution >= 0.6 is 0 Å². The molecule has 5 atom stereocenters. The van der Waals surface area contributed by atoms with Crippen LogP contribution in [-0.2, 0) is 4.74 Å². The highest BCUT2D eigenvalue weighted by molar-refractivity contribution is 5.06. The van der Waals surface area contributed by atoms with Crippen molar-refractivity contribution in [3.8, 4) is 0 Å². The fourth-order valence-electron chi connectivity index (χ4n) is 4.68. The molecule has 0 aromatic heterocycles. The van der Waals surface area contributed by atoms with Gasteiger partial charge in [0.2, 0.25) is 0 Å². The van der Waals surface area contributed by atoms with Crippen LogP contribution in [0.25, 0.3) is 0 Å². The van der Waals surface area contributed by atoms with Gasteiger partial charge in [-0.25, -0.2) is 0 Å². The Morgan fingerprint density at radius 3 is 2.26 bits per heavy atom. The largest absolute Gasteiger partial charge is 0.385 e. The van der Waals surface area contributed by atoms with Gasteiger partial charge in [-0.3, -0.25) is 0 Å². The zero-order valence-corrected chi connectivity index (χ0v) is 13.5. The first kappa shape index (κ1) is 15.3. The third kappa shape index (κ3) is 2.98. The summed E-state index contributed by atoms with van der Waals surface area (Å²) in [6, 6.07) is 0. The van der Waals surface area contributed by atoms with E-state index in [1.165, 1.54) is 12.8 Å². The van der Waals surface area contributed by atoms with Crippen molar-refractivity contribution >= 4 is 0 Å². The standard InChI is InChI=1S/C16H32NO2/c1-11-13-7-8-14(16(13,2)3)15(11)19-10-12(18)9-17(4,5)6/h11-15,18H,7-10H2,1-6H3/q+1/t11-,12-,13+,14+,15+/m0/s1. The lowest BCUT2D eigenvalue weighted by Gasteiger charge is -2.31. The van der Waals surface area contributed by atoms with E-state index in [0.29, 0.717) is 30.0 Å². The molecule has 0 aliphatic heterocycles. The maximum absolute atomic E-state index is 10.1. The zero-order valence-electron chi connectivity index (χ0n) is 13.5. The number of nitrogens with zero attached hydrogens (tertiary/aromatic N) is 1. The molecular weight excluding hydrogens is 238 g/mol. The number of fused-ring (bicyclic) bond motifs is 2. The topological polar surface area (TPSA) is 29.5 Å². The number of likely N-dealkylation sites (N-methyl/N-ethyl adjacent to an activating group) is 1. The molecule has 0 spiro atoms. The number of ether oxygens (including phenoxy) is 1. The van der Waals surface area contributed by atoms with Crippen LogP contribution in [0.3, 0.4) is 0 Å². The summed E-state index contributed by atoms with van der Waals surface area (Å²) in [6.07, 6.45) is 2.67. The van der Waals surface area contributed by atoms with Gasteiger partial charge in [0.05, 0.1) is 33.9 Å². The van der Waals surface area contributed by atoms with Crippen LogP contribution in [0.2, 0.25) is 0 Å². The van der Waals surface area contributed by atoms with Gasteiger partial charge in [0.15, 0.2) is 0 Å². The molecule has 0 heterocycles. The van der Waals surface area contributed by atoms with Gasteiger partial charge in [0.25, 0.3) is 0 Å². The Balaban J connectivity index is 1.88. The second kappa shape index (κ2) is 5.01. The predicted molar refractivity (Wildman–Crippen MR) is 77.8 cm³/mol. The first-order valence-corrected chi connectivity index (χ1v) is 7.73. The molecule has 2 bridgehead atoms. The summed E-state index contributed by atoms with van der Waals surface area (Å²) in [5, 5.41) is 10.1. The smallest absolute Gasteiger partial charge is 0.126 e. The van der Waals surface area contributed by atoms with Gasteiger partial charge >= 0.3 is 0 Å². The number of quaternary nitrogens is 1. The summed E-state index contributed by atoms with van der Waals surface area (Å²) >= 11 is 0. The summed E-state index contributed by atoms with van der Waals surface area (Å²) in [6.45, 7) is 8.38. The maximum Gasteiger partial charge on any atom is 0.126 e. The molecule has 19 heavy (non-hydrogen) atoms. The summed E-state index contributed by atoms with van der Waals surface area (Å²) < 4.78 is 6.91. The van der Waals surface area contributed by atoms with Crippen LogP contribution in [0.1, 0.15) is 33.6 Å². The predicted octanol–water partition coefficient (Wildman–Crippen LogP) is 2.14. The fourth-order valence-corrected chi connectivity index (χ4v) is 4.68. The lowest BCUT2D eigenvalue weighted by molar-refractivity contribution is -0.873. The molecule has 1 N–H and O–H groups in total. The summed E-state index contributed by atoms with van der Waals surface area (Å²) in [4.78, 5) is 0. The van der Waals surface area contributed by atoms with Crippen LogP contribution in [0.4, 0.5) is 0 Å². The molecule has 2 aliphatic rings. The van der Waals surface area contributed by atoms with E-state index in [-0.39, 0.29) is 6.10 Å². The molecule has 0 unspecified atom stereocenters. The summed E-state index contributed by atoms with van der Waals surface area (Å²) in [5.41, 5.74) is 0.426. The van der Waals surface area contributed by atoms with Crippen molar-refractivity contribution in [2.75, 3.05) is 34.3 Å². The van der Waals surface area contributed by atoms with Crippen molar-refractivity contribution in [3.63, 3.8) is 0 Å². The number of aliphatic hydroxyl groups is 1. The van der Waals surface area contributed by atoms with Crippen LogP contribution in [0, 0.1) is 23.2 Å². The molecule has 0 amide bonds. The highest BCUT2D eigenvalue weighted by atomic mass is 16.5. The molecule has 3 nitrogen and oxygen atoms in total. The van der Waals surface area contributed by atoms with Gasteiger partial charge in [-0.1, -0.05) is 20.8 Å². The highest BCUT2D eigenvalue weighted by Crippen LogP contribution is 2.60. The molecule has 0 aromatic carbocycles. The Morgan fingerprint density at radius 2 is 1.79 bits per heavy atom. The van der Waals surface area contributed by atoms with Gasteiger partial charge in [-0.2, -0.15) is 0 Å². The van der Waals surface area contributed by atoms with Gasteiger partial charge in [-0.05, 0) is 36.0 Å². The van der Waals surface area contributed by atoms with Crippen LogP contribution < -0.4 is 0 Å². The number of aliphatic hydroxyl groups excluding tert-OH is 1. The summed E-state index contributed by atoms with van der Waals surface area (Å²) in [5.74, 6) is 2.13. The van der Waals surface area contributed by atoms with E-state index < -0.39 is 0 Å². The van der Waals surface area contributed by atoms with E-state index in [0.717, 1.165) is 16.9 Å². The normalized spacial score (nSPS) is 38.7. The lowest BCUT2D eigenvalue weighted by Crippen LogP contribution is -2.44. The molecule has 3 heteroatoms. The quantitative estimate of drug-likeness (QED) is 0.776. The second-order valence-electron chi connectivity index (χ2n) is 8.40. The van der Waals surface area contributed by atoms with Crippen LogP contribution in [0.15, 0.2) is 0 Å². The lowest BCUT2D eigenvalue weighted by atomic mass is 9.80. The molecule has 2 saturated carbocycles. The van der Waals surface area contributed by atoms with Crippen molar-refractivity contribution in [1.29, 1.82) is 0 Å². The Morgan fingerprint density at radius 1 is 1.21 bits per heavy atom. The van der Waals surface area contributed by atoms with Crippen LogP contribution in [0.5, 0.6) is 0 Å². The second-order valence-corrected chi connectivity index (χ2v) is 8.40. The molecule has 0 aromatic rings. The van der Waals surface area contributed by atoms with Gasteiger partial charge in [0, 0.05) is 0 Å². The first-order chi connectivity index (χ1) is 8.63. The van der Waals surface area contributed by atoms with Crippen molar-refractivity contribution in [2.45, 2.75) is 45.8 Å². The molecular formula is C16H32NO2+. The monoisotopic (exact) mass is 270 g/mol. The number of hydrogen-bond donors (Lipinski definition) is 1. The Bertz CT molecular complexity index is 321. The molecule has 112 valence electrons. The van der Waals surface area contributed by atoms with Crippen molar-refractivity contribution in [3.05, 3.63) is 0 Å². The zero-order chi connectivity index (χ0) is 14.4. The average Bonchev–Trinajstić information content (AvgIpc) is 2.60. The minimum absolute atomic E-state index is 0.352. The molecule has 2 aliphatic carbocycles. The van der Waals surface area contributed by atoms with Crippen molar-refractivity contribution in [2.24, 2.45) is 23.2 Å². The minimum Gasteiger partial charge on any atom is -0.385 e. The molecule has 0 radical (unpaired) electrons. The number of hydrogen-bond acceptors (Lipinski definition) is 2. The van der Waals surface area contributed by atoms with Gasteiger partial charge in [-0.15, -0.1) is 0 Å².